The van der Waals surface area contributed by atoms with E-state index in [2.05, 4.69) is 32.0 Å². The lowest BCUT2D eigenvalue weighted by atomic mass is 9.75. The Morgan fingerprint density at radius 1 is 1.26 bits per heavy atom. The van der Waals surface area contributed by atoms with E-state index < -0.39 is 5.60 Å². The lowest BCUT2D eigenvalue weighted by Crippen LogP contribution is -2.50. The highest BCUT2D eigenvalue weighted by atomic mass is 16.6. The SMILES string of the molecule is CC[C@H]1[C@@H](C)N(C(=O)OC(C)(C)C)CC[C@H]1c1cccc(OCCOC)c1. The molecule has 1 aromatic rings. The van der Waals surface area contributed by atoms with Crippen LogP contribution in [-0.4, -0.2) is 49.5 Å². The molecule has 3 atom stereocenters. The third kappa shape index (κ3) is 5.86. The van der Waals surface area contributed by atoms with Gasteiger partial charge in [-0.05, 0) is 63.6 Å². The molecule has 2 rings (SSSR count). The van der Waals surface area contributed by atoms with Gasteiger partial charge >= 0.3 is 6.09 Å². The third-order valence-corrected chi connectivity index (χ3v) is 5.25. The minimum Gasteiger partial charge on any atom is -0.491 e. The van der Waals surface area contributed by atoms with Crippen molar-refractivity contribution in [2.45, 2.75) is 65.0 Å². The van der Waals surface area contributed by atoms with Gasteiger partial charge < -0.3 is 19.1 Å². The molecule has 0 N–H and O–H groups in total. The number of piperidine rings is 1. The van der Waals surface area contributed by atoms with Crippen LogP contribution in [0.3, 0.4) is 0 Å². The van der Waals surface area contributed by atoms with E-state index in [1.807, 2.05) is 31.7 Å². The first-order valence-electron chi connectivity index (χ1n) is 9.98. The highest BCUT2D eigenvalue weighted by molar-refractivity contribution is 5.68. The minimum absolute atomic E-state index is 0.140. The van der Waals surface area contributed by atoms with E-state index in [9.17, 15) is 4.79 Å². The van der Waals surface area contributed by atoms with Gasteiger partial charge in [-0.15, -0.1) is 0 Å². The number of amides is 1. The first-order chi connectivity index (χ1) is 12.8. The minimum atomic E-state index is -0.469. The number of nitrogens with zero attached hydrogens (tertiary/aromatic N) is 1. The molecule has 0 saturated carbocycles. The molecule has 5 nitrogen and oxygen atoms in total. The fourth-order valence-corrected chi connectivity index (χ4v) is 3.96. The quantitative estimate of drug-likeness (QED) is 0.665. The summed E-state index contributed by atoms with van der Waals surface area (Å²) in [5, 5.41) is 0. The molecule has 0 bridgehead atoms. The Morgan fingerprint density at radius 2 is 2.00 bits per heavy atom. The molecule has 1 fully saturated rings. The highest BCUT2D eigenvalue weighted by Crippen LogP contribution is 2.40. The summed E-state index contributed by atoms with van der Waals surface area (Å²) >= 11 is 0. The molecule has 1 aromatic carbocycles. The number of rotatable bonds is 6. The van der Waals surface area contributed by atoms with Gasteiger partial charge in [0.05, 0.1) is 6.61 Å². The van der Waals surface area contributed by atoms with Crippen LogP contribution in [0.2, 0.25) is 0 Å². The van der Waals surface area contributed by atoms with Gasteiger partial charge in [0.15, 0.2) is 0 Å². The van der Waals surface area contributed by atoms with Crippen molar-refractivity contribution in [1.29, 1.82) is 0 Å². The predicted molar refractivity (Wildman–Crippen MR) is 107 cm³/mol. The van der Waals surface area contributed by atoms with E-state index in [1.165, 1.54) is 5.56 Å². The molecular formula is C22H35NO4. The molecule has 0 unspecified atom stereocenters. The molecule has 5 heteroatoms. The fraction of sp³-hybridized carbons (Fsp3) is 0.682. The summed E-state index contributed by atoms with van der Waals surface area (Å²) in [7, 11) is 1.67. The summed E-state index contributed by atoms with van der Waals surface area (Å²) in [4.78, 5) is 14.5. The van der Waals surface area contributed by atoms with Crippen molar-refractivity contribution in [3.8, 4) is 5.75 Å². The maximum Gasteiger partial charge on any atom is 0.410 e. The van der Waals surface area contributed by atoms with Gasteiger partial charge in [0.1, 0.15) is 18.0 Å². The van der Waals surface area contributed by atoms with Gasteiger partial charge in [-0.25, -0.2) is 4.79 Å². The van der Waals surface area contributed by atoms with E-state index in [4.69, 9.17) is 14.2 Å². The Hall–Kier alpha value is -1.75. The van der Waals surface area contributed by atoms with Crippen molar-refractivity contribution in [3.63, 3.8) is 0 Å². The molecule has 0 spiro atoms. The Labute approximate surface area is 164 Å². The van der Waals surface area contributed by atoms with Crippen LogP contribution >= 0.6 is 0 Å². The molecule has 0 aliphatic carbocycles. The molecule has 1 aliphatic heterocycles. The predicted octanol–water partition coefficient (Wildman–Crippen LogP) is 4.85. The standard InChI is InChI=1S/C22H35NO4/c1-7-19-16(2)23(21(24)27-22(3,4)5)12-11-20(19)17-9-8-10-18(15-17)26-14-13-25-6/h8-10,15-16,19-20H,7,11-14H2,1-6H3/t16-,19+,20+/m1/s1. The molecule has 1 heterocycles. The summed E-state index contributed by atoms with van der Waals surface area (Å²) < 4.78 is 16.4. The molecule has 0 aromatic heterocycles. The van der Waals surface area contributed by atoms with Crippen LogP contribution < -0.4 is 4.74 Å². The van der Waals surface area contributed by atoms with Crippen LogP contribution in [0.1, 0.15) is 58.9 Å². The van der Waals surface area contributed by atoms with Gasteiger partial charge in [0.25, 0.3) is 0 Å². The Bertz CT molecular complexity index is 611. The number of methoxy groups -OCH3 is 1. The van der Waals surface area contributed by atoms with E-state index in [1.54, 1.807) is 7.11 Å². The number of carbonyl (C=O) groups is 1. The second-order valence-corrected chi connectivity index (χ2v) is 8.30. The van der Waals surface area contributed by atoms with Gasteiger partial charge in [0.2, 0.25) is 0 Å². The van der Waals surface area contributed by atoms with Crippen LogP contribution in [0.25, 0.3) is 0 Å². The summed E-state index contributed by atoms with van der Waals surface area (Å²) in [6.07, 6.45) is 1.74. The van der Waals surface area contributed by atoms with Crippen LogP contribution in [0, 0.1) is 5.92 Å². The monoisotopic (exact) mass is 377 g/mol. The first-order valence-corrected chi connectivity index (χ1v) is 9.98. The molecular weight excluding hydrogens is 342 g/mol. The zero-order valence-electron chi connectivity index (χ0n) is 17.7. The zero-order valence-corrected chi connectivity index (χ0v) is 17.7. The lowest BCUT2D eigenvalue weighted by molar-refractivity contribution is -0.000843. The Morgan fingerprint density at radius 3 is 2.63 bits per heavy atom. The normalized spacial score (nSPS) is 23.2. The van der Waals surface area contributed by atoms with E-state index in [0.717, 1.165) is 18.6 Å². The van der Waals surface area contributed by atoms with E-state index >= 15 is 0 Å². The van der Waals surface area contributed by atoms with Crippen molar-refractivity contribution in [1.82, 2.24) is 4.90 Å². The van der Waals surface area contributed by atoms with Crippen molar-refractivity contribution in [2.75, 3.05) is 26.9 Å². The van der Waals surface area contributed by atoms with Crippen molar-refractivity contribution in [2.24, 2.45) is 5.92 Å². The fourth-order valence-electron chi connectivity index (χ4n) is 3.96. The maximum atomic E-state index is 12.6. The van der Waals surface area contributed by atoms with Gasteiger partial charge in [-0.2, -0.15) is 0 Å². The van der Waals surface area contributed by atoms with Crippen LogP contribution in [0.4, 0.5) is 4.79 Å². The number of likely N-dealkylation sites (tertiary alicyclic amines) is 1. The summed E-state index contributed by atoms with van der Waals surface area (Å²) in [5.41, 5.74) is 0.816. The number of ether oxygens (including phenoxy) is 3. The second kappa shape index (κ2) is 9.45. The average Bonchev–Trinajstić information content (AvgIpc) is 2.60. The Kier molecular flexibility index (Phi) is 7.54. The number of hydrogen-bond donors (Lipinski definition) is 0. The Balaban J connectivity index is 2.11. The average molecular weight is 378 g/mol. The lowest BCUT2D eigenvalue weighted by Gasteiger charge is -2.44. The largest absolute Gasteiger partial charge is 0.491 e. The molecule has 0 radical (unpaired) electrons. The topological polar surface area (TPSA) is 48.0 Å². The summed E-state index contributed by atoms with van der Waals surface area (Å²) in [5.74, 6) is 1.68. The van der Waals surface area contributed by atoms with Gasteiger partial charge in [-0.1, -0.05) is 25.5 Å². The molecule has 1 aliphatic rings. The van der Waals surface area contributed by atoms with Crippen LogP contribution in [0.5, 0.6) is 5.75 Å². The molecule has 1 amide bonds. The summed E-state index contributed by atoms with van der Waals surface area (Å²) in [6, 6.07) is 8.49. The molecule has 1 saturated heterocycles. The van der Waals surface area contributed by atoms with E-state index in [0.29, 0.717) is 31.6 Å². The highest BCUT2D eigenvalue weighted by Gasteiger charge is 2.38. The number of carbonyl (C=O) groups excluding carboxylic acids is 1. The van der Waals surface area contributed by atoms with Crippen LogP contribution in [-0.2, 0) is 9.47 Å². The second-order valence-electron chi connectivity index (χ2n) is 8.30. The number of benzene rings is 1. The number of hydrogen-bond acceptors (Lipinski definition) is 4. The maximum absolute atomic E-state index is 12.6. The van der Waals surface area contributed by atoms with Crippen LogP contribution in [0.15, 0.2) is 24.3 Å². The van der Waals surface area contributed by atoms with Gasteiger partial charge in [-0.3, -0.25) is 0 Å². The molecule has 27 heavy (non-hydrogen) atoms. The molecule has 152 valence electrons. The smallest absolute Gasteiger partial charge is 0.410 e. The van der Waals surface area contributed by atoms with Crippen molar-refractivity contribution in [3.05, 3.63) is 29.8 Å². The summed E-state index contributed by atoms with van der Waals surface area (Å²) in [6.45, 7) is 11.9. The first kappa shape index (κ1) is 21.5. The van der Waals surface area contributed by atoms with Crippen molar-refractivity contribution < 1.29 is 19.0 Å². The third-order valence-electron chi connectivity index (χ3n) is 5.25. The van der Waals surface area contributed by atoms with Crippen molar-refractivity contribution >= 4 is 6.09 Å². The van der Waals surface area contributed by atoms with Gasteiger partial charge in [0, 0.05) is 19.7 Å². The zero-order chi connectivity index (χ0) is 20.0. The van der Waals surface area contributed by atoms with E-state index in [-0.39, 0.29) is 12.1 Å².